The molecule has 2 aliphatic rings. The van der Waals surface area contributed by atoms with Gasteiger partial charge in [0.1, 0.15) is 17.5 Å². The normalized spacial score (nSPS) is 22.0. The Morgan fingerprint density at radius 3 is 2.69 bits per heavy atom. The first-order valence-corrected chi connectivity index (χ1v) is 11.5. The van der Waals surface area contributed by atoms with E-state index in [4.69, 9.17) is 0 Å². The number of carboxylic acid groups (broad SMARTS) is 1. The molecule has 188 valence electrons. The predicted octanol–water partition coefficient (Wildman–Crippen LogP) is 3.36. The van der Waals surface area contributed by atoms with Crippen molar-refractivity contribution in [2.75, 3.05) is 6.54 Å². The van der Waals surface area contributed by atoms with Gasteiger partial charge in [0.2, 0.25) is 5.91 Å². The van der Waals surface area contributed by atoms with Crippen molar-refractivity contribution < 1.29 is 27.9 Å². The summed E-state index contributed by atoms with van der Waals surface area (Å²) in [6, 6.07) is 6.23. The van der Waals surface area contributed by atoms with Gasteiger partial charge >= 0.3 is 6.09 Å². The highest BCUT2D eigenvalue weighted by Gasteiger charge is 2.47. The Hall–Kier alpha value is -3.86. The molecule has 2 aliphatic heterocycles. The number of hydrogen-bond acceptors (Lipinski definition) is 4. The van der Waals surface area contributed by atoms with Crippen molar-refractivity contribution in [3.05, 3.63) is 88.5 Å². The van der Waals surface area contributed by atoms with Gasteiger partial charge in [0.25, 0.3) is 0 Å². The van der Waals surface area contributed by atoms with E-state index >= 15 is 0 Å². The maximum Gasteiger partial charge on any atom is 0.404 e. The molecule has 2 amide bonds. The van der Waals surface area contributed by atoms with Crippen molar-refractivity contribution >= 4 is 12.0 Å². The largest absolute Gasteiger partial charge is 0.465 e. The van der Waals surface area contributed by atoms with Crippen LogP contribution in [0.15, 0.2) is 48.7 Å². The van der Waals surface area contributed by atoms with Crippen molar-refractivity contribution in [1.82, 2.24) is 25.3 Å². The summed E-state index contributed by atoms with van der Waals surface area (Å²) in [5, 5.41) is 18.9. The SMILES string of the molecule is O=C(O)NC1C[C@@H](N2Cc3cn[nH]c3C2)C(=O)N(CCc2ccccc2F)[C@@H]1c1cc(F)ccc1F. The summed E-state index contributed by atoms with van der Waals surface area (Å²) in [6.07, 6.45) is 0.497. The van der Waals surface area contributed by atoms with Crippen LogP contribution in [0.2, 0.25) is 0 Å². The molecular formula is C25H24F3N5O3. The molecule has 1 fully saturated rings. The first-order valence-electron chi connectivity index (χ1n) is 11.5. The summed E-state index contributed by atoms with van der Waals surface area (Å²) in [5.41, 5.74) is 2.02. The van der Waals surface area contributed by atoms with E-state index in [1.54, 1.807) is 24.4 Å². The van der Waals surface area contributed by atoms with Gasteiger partial charge in [-0.25, -0.2) is 18.0 Å². The molecule has 11 heteroatoms. The molecule has 0 radical (unpaired) electrons. The van der Waals surface area contributed by atoms with Gasteiger partial charge in [-0.2, -0.15) is 5.10 Å². The van der Waals surface area contributed by atoms with E-state index < -0.39 is 41.7 Å². The van der Waals surface area contributed by atoms with Gasteiger partial charge in [-0.1, -0.05) is 18.2 Å². The fourth-order valence-corrected chi connectivity index (χ4v) is 5.24. The number of hydrogen-bond donors (Lipinski definition) is 3. The molecule has 1 aromatic heterocycles. The summed E-state index contributed by atoms with van der Waals surface area (Å²) in [4.78, 5) is 28.8. The second kappa shape index (κ2) is 9.65. The minimum absolute atomic E-state index is 0.0185. The summed E-state index contributed by atoms with van der Waals surface area (Å²) in [6.45, 7) is 0.823. The van der Waals surface area contributed by atoms with Gasteiger partial charge in [0, 0.05) is 30.8 Å². The van der Waals surface area contributed by atoms with Gasteiger partial charge in [0.15, 0.2) is 0 Å². The van der Waals surface area contributed by atoms with E-state index in [0.29, 0.717) is 18.7 Å². The average molecular weight is 499 g/mol. The third-order valence-corrected chi connectivity index (χ3v) is 6.91. The zero-order valence-electron chi connectivity index (χ0n) is 19.1. The predicted molar refractivity (Wildman–Crippen MR) is 122 cm³/mol. The number of carbonyl (C=O) groups excluding carboxylic acids is 1. The van der Waals surface area contributed by atoms with Crippen LogP contribution in [0.4, 0.5) is 18.0 Å². The first-order chi connectivity index (χ1) is 17.3. The first kappa shape index (κ1) is 23.9. The molecule has 3 atom stereocenters. The number of carbonyl (C=O) groups is 2. The maximum absolute atomic E-state index is 15.0. The van der Waals surface area contributed by atoms with Crippen LogP contribution in [-0.4, -0.2) is 55.7 Å². The van der Waals surface area contributed by atoms with E-state index in [9.17, 15) is 27.9 Å². The Kier molecular flexibility index (Phi) is 6.40. The molecule has 5 rings (SSSR count). The Morgan fingerprint density at radius 2 is 1.94 bits per heavy atom. The minimum atomic E-state index is -1.35. The number of aromatic nitrogens is 2. The number of fused-ring (bicyclic) bond motifs is 1. The lowest BCUT2D eigenvalue weighted by Crippen LogP contribution is -2.61. The number of H-pyrrole nitrogens is 1. The van der Waals surface area contributed by atoms with Crippen LogP contribution in [0, 0.1) is 17.5 Å². The van der Waals surface area contributed by atoms with E-state index in [1.807, 2.05) is 4.90 Å². The number of halogens is 3. The van der Waals surface area contributed by atoms with E-state index in [1.165, 1.54) is 11.0 Å². The number of nitrogens with zero attached hydrogens (tertiary/aromatic N) is 3. The smallest absolute Gasteiger partial charge is 0.404 e. The number of aromatic amines is 1. The van der Waals surface area contributed by atoms with Gasteiger partial charge in [-0.3, -0.25) is 14.8 Å². The van der Waals surface area contributed by atoms with Crippen molar-refractivity contribution in [2.24, 2.45) is 0 Å². The van der Waals surface area contributed by atoms with E-state index in [0.717, 1.165) is 29.5 Å². The number of nitrogens with one attached hydrogen (secondary N) is 2. The molecule has 8 nitrogen and oxygen atoms in total. The van der Waals surface area contributed by atoms with Gasteiger partial charge in [0.05, 0.1) is 30.0 Å². The Morgan fingerprint density at radius 1 is 1.14 bits per heavy atom. The molecule has 2 aromatic carbocycles. The number of rotatable bonds is 6. The topological polar surface area (TPSA) is 102 Å². The second-order valence-electron chi connectivity index (χ2n) is 9.07. The highest BCUT2D eigenvalue weighted by molar-refractivity contribution is 5.84. The van der Waals surface area contributed by atoms with Crippen LogP contribution >= 0.6 is 0 Å². The highest BCUT2D eigenvalue weighted by atomic mass is 19.1. The lowest BCUT2D eigenvalue weighted by atomic mass is 9.86. The fraction of sp³-hybridized carbons (Fsp3) is 0.320. The van der Waals surface area contributed by atoms with Crippen molar-refractivity contribution in [1.29, 1.82) is 0 Å². The zero-order chi connectivity index (χ0) is 25.4. The molecule has 3 aromatic rings. The molecule has 0 bridgehead atoms. The van der Waals surface area contributed by atoms with Crippen LogP contribution in [0.3, 0.4) is 0 Å². The van der Waals surface area contributed by atoms with Gasteiger partial charge < -0.3 is 15.3 Å². The molecule has 1 unspecified atom stereocenters. The molecule has 0 spiro atoms. The van der Waals surface area contributed by atoms with Gasteiger partial charge in [-0.05, 0) is 42.7 Å². The van der Waals surface area contributed by atoms with Crippen molar-refractivity contribution in [2.45, 2.75) is 44.1 Å². The molecule has 1 saturated heterocycles. The van der Waals surface area contributed by atoms with Crippen LogP contribution in [0.25, 0.3) is 0 Å². The van der Waals surface area contributed by atoms with Crippen LogP contribution < -0.4 is 5.32 Å². The summed E-state index contributed by atoms with van der Waals surface area (Å²) in [5.74, 6) is -2.28. The maximum atomic E-state index is 15.0. The quantitative estimate of drug-likeness (QED) is 0.483. The third kappa shape index (κ3) is 4.53. The molecule has 36 heavy (non-hydrogen) atoms. The highest BCUT2D eigenvalue weighted by Crippen LogP contribution is 2.37. The standard InChI is InChI=1S/C25H24F3N5O3/c26-16-5-6-19(28)17(9-16)23-20(30-25(35)36)10-22(32-12-15-11-29-31-21(15)13-32)24(34)33(23)8-7-14-3-1-2-4-18(14)27/h1-6,9,11,20,22-23,30H,7-8,10,12-13H2,(H,29,31)(H,35,36)/t20?,22-,23-/m1/s1. The number of benzene rings is 2. The van der Waals surface area contributed by atoms with Crippen LogP contribution in [0.5, 0.6) is 0 Å². The lowest BCUT2D eigenvalue weighted by molar-refractivity contribution is -0.146. The van der Waals surface area contributed by atoms with E-state index in [2.05, 4.69) is 15.5 Å². The molecule has 3 heterocycles. The molecular weight excluding hydrogens is 475 g/mol. The Bertz CT molecular complexity index is 1280. The summed E-state index contributed by atoms with van der Waals surface area (Å²) in [7, 11) is 0. The summed E-state index contributed by atoms with van der Waals surface area (Å²) < 4.78 is 43.5. The van der Waals surface area contributed by atoms with E-state index in [-0.39, 0.29) is 30.9 Å². The molecule has 0 saturated carbocycles. The number of piperidine rings is 1. The molecule has 3 N–H and O–H groups in total. The van der Waals surface area contributed by atoms with Crippen LogP contribution in [-0.2, 0) is 24.3 Å². The average Bonchev–Trinajstić information content (AvgIpc) is 3.44. The number of amides is 2. The minimum Gasteiger partial charge on any atom is -0.465 e. The number of likely N-dealkylation sites (tertiary alicyclic amines) is 1. The van der Waals surface area contributed by atoms with Crippen LogP contribution in [0.1, 0.15) is 34.8 Å². The zero-order valence-corrected chi connectivity index (χ0v) is 19.1. The van der Waals surface area contributed by atoms with Crippen molar-refractivity contribution in [3.8, 4) is 0 Å². The second-order valence-corrected chi connectivity index (χ2v) is 9.07. The Labute approximate surface area is 204 Å². The fourth-order valence-electron chi connectivity index (χ4n) is 5.24. The third-order valence-electron chi connectivity index (χ3n) is 6.91. The summed E-state index contributed by atoms with van der Waals surface area (Å²) >= 11 is 0. The van der Waals surface area contributed by atoms with Crippen molar-refractivity contribution in [3.63, 3.8) is 0 Å². The molecule has 0 aliphatic carbocycles. The monoisotopic (exact) mass is 499 g/mol. The van der Waals surface area contributed by atoms with Gasteiger partial charge in [-0.15, -0.1) is 0 Å². The lowest BCUT2D eigenvalue weighted by Gasteiger charge is -2.46. The Balaban J connectivity index is 1.52.